The van der Waals surface area contributed by atoms with Crippen molar-refractivity contribution in [2.24, 2.45) is 5.41 Å². The summed E-state index contributed by atoms with van der Waals surface area (Å²) >= 11 is 0. The van der Waals surface area contributed by atoms with Gasteiger partial charge in [-0.1, -0.05) is 72.8 Å². The zero-order chi connectivity index (χ0) is 19.8. The van der Waals surface area contributed by atoms with E-state index >= 15 is 0 Å². The molecule has 0 N–H and O–H groups in total. The minimum absolute atomic E-state index is 0.197. The van der Waals surface area contributed by atoms with Crippen LogP contribution in [0.3, 0.4) is 0 Å². The number of hydrogen-bond acceptors (Lipinski definition) is 1. The second-order valence-corrected chi connectivity index (χ2v) is 9.30. The number of rotatable bonds is 2. The van der Waals surface area contributed by atoms with Crippen LogP contribution in [0.5, 0.6) is 0 Å². The van der Waals surface area contributed by atoms with Crippen molar-refractivity contribution in [3.05, 3.63) is 95.1 Å². The largest absolute Gasteiger partial charge is 0.198 e. The lowest BCUT2D eigenvalue weighted by atomic mass is 9.66. The maximum absolute atomic E-state index is 10.1. The molecular formula is C28H23N. The summed E-state index contributed by atoms with van der Waals surface area (Å²) in [6.45, 7) is 4.25. The first kappa shape index (κ1) is 16.8. The Morgan fingerprint density at radius 3 is 2.03 bits per heavy atom. The van der Waals surface area contributed by atoms with Crippen molar-refractivity contribution in [2.75, 3.05) is 0 Å². The van der Waals surface area contributed by atoms with Gasteiger partial charge in [-0.15, -0.1) is 0 Å². The minimum atomic E-state index is -0.430. The smallest absolute Gasteiger partial charge is 0.0690 e. The molecule has 29 heavy (non-hydrogen) atoms. The quantitative estimate of drug-likeness (QED) is 0.369. The molecule has 0 heterocycles. The van der Waals surface area contributed by atoms with Gasteiger partial charge in [0.1, 0.15) is 0 Å². The van der Waals surface area contributed by atoms with E-state index in [1.165, 1.54) is 43.8 Å². The summed E-state index contributed by atoms with van der Waals surface area (Å²) in [5.74, 6) is 0.929. The third-order valence-electron chi connectivity index (χ3n) is 7.38. The maximum Gasteiger partial charge on any atom is 0.0690 e. The van der Waals surface area contributed by atoms with Crippen molar-refractivity contribution >= 4 is 21.5 Å². The van der Waals surface area contributed by atoms with E-state index in [4.69, 9.17) is 0 Å². The van der Waals surface area contributed by atoms with Crippen molar-refractivity contribution in [2.45, 2.75) is 38.0 Å². The lowest BCUT2D eigenvalue weighted by molar-refractivity contribution is 0.314. The molecule has 2 aliphatic carbocycles. The molecule has 1 nitrogen and oxygen atoms in total. The number of hydrogen-bond donors (Lipinski definition) is 0. The highest BCUT2D eigenvalue weighted by atomic mass is 14.5. The zero-order valence-corrected chi connectivity index (χ0v) is 16.8. The van der Waals surface area contributed by atoms with E-state index < -0.39 is 5.41 Å². The topological polar surface area (TPSA) is 23.8 Å². The molecule has 6 rings (SSSR count). The van der Waals surface area contributed by atoms with Gasteiger partial charge in [-0.05, 0) is 70.0 Å². The SMILES string of the molecule is CC(C)(C#N)[C@H]1c2cccc3cccc(c23)[C@@H]1[C@H]1Cc2cccc3cccc1c23. The molecule has 140 valence electrons. The first-order valence-electron chi connectivity index (χ1n) is 10.5. The lowest BCUT2D eigenvalue weighted by Crippen LogP contribution is -2.27. The molecule has 2 aliphatic rings. The molecule has 4 aromatic rings. The van der Waals surface area contributed by atoms with Crippen LogP contribution >= 0.6 is 0 Å². The Morgan fingerprint density at radius 1 is 0.759 bits per heavy atom. The molecule has 3 atom stereocenters. The van der Waals surface area contributed by atoms with E-state index in [2.05, 4.69) is 92.7 Å². The number of nitrogens with zero attached hydrogens (tertiary/aromatic N) is 1. The van der Waals surface area contributed by atoms with Crippen LogP contribution in [-0.4, -0.2) is 0 Å². The van der Waals surface area contributed by atoms with Gasteiger partial charge in [0.25, 0.3) is 0 Å². The van der Waals surface area contributed by atoms with Crippen molar-refractivity contribution in [3.63, 3.8) is 0 Å². The van der Waals surface area contributed by atoms with Crippen molar-refractivity contribution in [1.29, 1.82) is 5.26 Å². The second-order valence-electron chi connectivity index (χ2n) is 9.30. The number of benzene rings is 4. The molecule has 4 aromatic carbocycles. The molecule has 0 aliphatic heterocycles. The van der Waals surface area contributed by atoms with E-state index in [-0.39, 0.29) is 5.92 Å². The molecule has 0 bridgehead atoms. The summed E-state index contributed by atoms with van der Waals surface area (Å²) in [6.07, 6.45) is 1.06. The Hall–Kier alpha value is -3.11. The van der Waals surface area contributed by atoms with Crippen LogP contribution < -0.4 is 0 Å². The van der Waals surface area contributed by atoms with Gasteiger partial charge in [0.05, 0.1) is 11.5 Å². The summed E-state index contributed by atoms with van der Waals surface area (Å²) in [5, 5.41) is 15.6. The monoisotopic (exact) mass is 373 g/mol. The third-order valence-corrected chi connectivity index (χ3v) is 7.38. The van der Waals surface area contributed by atoms with Crippen LogP contribution in [0.25, 0.3) is 21.5 Å². The Kier molecular flexibility index (Phi) is 3.31. The predicted octanol–water partition coefficient (Wildman–Crippen LogP) is 7.06. The van der Waals surface area contributed by atoms with Crippen LogP contribution in [0.15, 0.2) is 72.8 Å². The van der Waals surface area contributed by atoms with E-state index in [1.807, 2.05) is 0 Å². The minimum Gasteiger partial charge on any atom is -0.198 e. The highest BCUT2D eigenvalue weighted by Crippen LogP contribution is 2.61. The van der Waals surface area contributed by atoms with Gasteiger partial charge < -0.3 is 0 Å². The molecule has 0 amide bonds. The first-order chi connectivity index (χ1) is 14.1. The highest BCUT2D eigenvalue weighted by molar-refractivity contribution is 5.95. The Morgan fingerprint density at radius 2 is 1.34 bits per heavy atom. The fraction of sp³-hybridized carbons (Fsp3) is 0.250. The standard InChI is InChI=1S/C28H23N/c1-28(2,16-29)27-22-14-6-10-18-9-5-13-21(25(18)22)26(27)23-15-19-11-3-7-17-8-4-12-20(23)24(17)19/h3-14,23,26-27H,15H2,1-2H3/t23-,26+,27-/m0/s1. The molecule has 0 aromatic heterocycles. The van der Waals surface area contributed by atoms with Gasteiger partial charge >= 0.3 is 0 Å². The molecule has 0 saturated heterocycles. The zero-order valence-electron chi connectivity index (χ0n) is 16.8. The first-order valence-corrected chi connectivity index (χ1v) is 10.5. The maximum atomic E-state index is 10.1. The molecule has 0 radical (unpaired) electrons. The summed E-state index contributed by atoms with van der Waals surface area (Å²) in [7, 11) is 0. The van der Waals surface area contributed by atoms with Gasteiger partial charge in [0.2, 0.25) is 0 Å². The van der Waals surface area contributed by atoms with Gasteiger partial charge in [0.15, 0.2) is 0 Å². The van der Waals surface area contributed by atoms with Gasteiger partial charge in [0, 0.05) is 11.8 Å². The summed E-state index contributed by atoms with van der Waals surface area (Å²) < 4.78 is 0. The van der Waals surface area contributed by atoms with Crippen molar-refractivity contribution < 1.29 is 0 Å². The number of nitriles is 1. The van der Waals surface area contributed by atoms with Crippen LogP contribution in [0.4, 0.5) is 0 Å². The van der Waals surface area contributed by atoms with Gasteiger partial charge in [-0.2, -0.15) is 5.26 Å². The van der Waals surface area contributed by atoms with Gasteiger partial charge in [-0.3, -0.25) is 0 Å². The van der Waals surface area contributed by atoms with Crippen LogP contribution in [0, 0.1) is 16.7 Å². The fourth-order valence-corrected chi connectivity index (χ4v) is 6.26. The molecule has 0 fully saturated rings. The van der Waals surface area contributed by atoms with Crippen molar-refractivity contribution in [3.8, 4) is 6.07 Å². The molecular weight excluding hydrogens is 350 g/mol. The van der Waals surface area contributed by atoms with Crippen LogP contribution in [0.2, 0.25) is 0 Å². The lowest BCUT2D eigenvalue weighted by Gasteiger charge is -2.35. The average Bonchev–Trinajstić information content (AvgIpc) is 3.28. The summed E-state index contributed by atoms with van der Waals surface area (Å²) in [6, 6.07) is 29.5. The van der Waals surface area contributed by atoms with Gasteiger partial charge in [-0.25, -0.2) is 0 Å². The normalized spacial score (nSPS) is 22.3. The average molecular weight is 373 g/mol. The second kappa shape index (κ2) is 5.71. The Labute approximate surface area is 171 Å². The Balaban J connectivity index is 1.63. The Bertz CT molecular complexity index is 1330. The molecule has 0 unspecified atom stereocenters. The van der Waals surface area contributed by atoms with E-state index in [1.54, 1.807) is 0 Å². The summed E-state index contributed by atoms with van der Waals surface area (Å²) in [4.78, 5) is 0. The predicted molar refractivity (Wildman–Crippen MR) is 119 cm³/mol. The van der Waals surface area contributed by atoms with Crippen LogP contribution in [-0.2, 0) is 6.42 Å². The van der Waals surface area contributed by atoms with E-state index in [0.29, 0.717) is 11.8 Å². The van der Waals surface area contributed by atoms with Crippen molar-refractivity contribution in [1.82, 2.24) is 0 Å². The third kappa shape index (κ3) is 2.15. The van der Waals surface area contributed by atoms with Crippen LogP contribution in [0.1, 0.15) is 53.9 Å². The highest BCUT2D eigenvalue weighted by Gasteiger charge is 2.48. The molecule has 0 saturated carbocycles. The molecule has 0 spiro atoms. The summed E-state index contributed by atoms with van der Waals surface area (Å²) in [5.41, 5.74) is 5.28. The van der Waals surface area contributed by atoms with E-state index in [0.717, 1.165) is 6.42 Å². The molecule has 1 heteroatoms. The van der Waals surface area contributed by atoms with E-state index in [9.17, 15) is 5.26 Å². The fourth-order valence-electron chi connectivity index (χ4n) is 6.26.